The smallest absolute Gasteiger partial charge is 0.303 e. The number of fused-ring (bicyclic) bond motifs is 1. The van der Waals surface area contributed by atoms with Gasteiger partial charge in [0.05, 0.1) is 0 Å². The molecule has 0 N–H and O–H groups in total. The summed E-state index contributed by atoms with van der Waals surface area (Å²) < 4.78 is 5.20. The summed E-state index contributed by atoms with van der Waals surface area (Å²) in [5.41, 5.74) is 2.30. The highest BCUT2D eigenvalue weighted by Crippen LogP contribution is 2.35. The van der Waals surface area contributed by atoms with Crippen LogP contribution in [-0.4, -0.2) is 5.97 Å². The second-order valence-corrected chi connectivity index (χ2v) is 3.92. The second kappa shape index (κ2) is 3.62. The lowest BCUT2D eigenvalue weighted by Gasteiger charge is -2.11. The van der Waals surface area contributed by atoms with Gasteiger partial charge in [-0.05, 0) is 36.1 Å². The molecule has 1 aliphatic carbocycles. The van der Waals surface area contributed by atoms with Crippen LogP contribution in [0.15, 0.2) is 18.2 Å². The molecule has 0 fully saturated rings. The van der Waals surface area contributed by atoms with Gasteiger partial charge in [0.15, 0.2) is 0 Å². The molecule has 0 spiro atoms. The third kappa shape index (κ3) is 1.75. The van der Waals surface area contributed by atoms with Gasteiger partial charge in [0, 0.05) is 11.9 Å². The molecule has 1 atom stereocenters. The largest absolute Gasteiger partial charge is 0.458 e. The lowest BCUT2D eigenvalue weighted by Crippen LogP contribution is -2.04. The van der Waals surface area contributed by atoms with Crippen LogP contribution in [-0.2, 0) is 16.0 Å². The summed E-state index contributed by atoms with van der Waals surface area (Å²) in [5.74, 6) is -0.233. The Balaban J connectivity index is 2.28. The Bertz CT molecular complexity index is 374. The van der Waals surface area contributed by atoms with Crippen molar-refractivity contribution in [3.05, 3.63) is 34.3 Å². The van der Waals surface area contributed by atoms with Crippen LogP contribution in [0.25, 0.3) is 0 Å². The zero-order valence-corrected chi connectivity index (χ0v) is 8.67. The quantitative estimate of drug-likeness (QED) is 0.667. The van der Waals surface area contributed by atoms with Crippen molar-refractivity contribution in [3.8, 4) is 0 Å². The van der Waals surface area contributed by atoms with E-state index in [1.54, 1.807) is 0 Å². The molecule has 3 heteroatoms. The number of benzene rings is 1. The minimum Gasteiger partial charge on any atom is -0.458 e. The van der Waals surface area contributed by atoms with Crippen molar-refractivity contribution in [1.82, 2.24) is 0 Å². The Morgan fingerprint density at radius 3 is 3.07 bits per heavy atom. The van der Waals surface area contributed by atoms with E-state index < -0.39 is 0 Å². The Kier molecular flexibility index (Phi) is 2.46. The van der Waals surface area contributed by atoms with E-state index in [0.717, 1.165) is 18.4 Å². The third-order valence-corrected chi connectivity index (χ3v) is 2.67. The van der Waals surface area contributed by atoms with Crippen molar-refractivity contribution < 1.29 is 9.53 Å². The molecule has 0 bridgehead atoms. The van der Waals surface area contributed by atoms with Gasteiger partial charge in [-0.3, -0.25) is 4.79 Å². The standard InChI is InChI=1S/C11H11ClO2/c1-7(13)14-11-5-3-8-2-4-9(12)6-10(8)11/h2,4,6,11H,3,5H2,1H3. The van der Waals surface area contributed by atoms with E-state index in [0.29, 0.717) is 5.02 Å². The summed E-state index contributed by atoms with van der Waals surface area (Å²) in [5, 5.41) is 0.697. The van der Waals surface area contributed by atoms with Crippen LogP contribution in [0, 0.1) is 0 Å². The normalized spacial score (nSPS) is 19.1. The van der Waals surface area contributed by atoms with Crippen LogP contribution in [0.2, 0.25) is 5.02 Å². The Morgan fingerprint density at radius 1 is 1.57 bits per heavy atom. The minimum atomic E-state index is -0.233. The maximum Gasteiger partial charge on any atom is 0.303 e. The summed E-state index contributed by atoms with van der Waals surface area (Å²) in [6.45, 7) is 1.43. The summed E-state index contributed by atoms with van der Waals surface area (Å²) in [7, 11) is 0. The van der Waals surface area contributed by atoms with E-state index in [1.165, 1.54) is 12.5 Å². The van der Waals surface area contributed by atoms with Crippen molar-refractivity contribution in [2.75, 3.05) is 0 Å². The lowest BCUT2D eigenvalue weighted by molar-refractivity contribution is -0.146. The van der Waals surface area contributed by atoms with Gasteiger partial charge in [0.25, 0.3) is 0 Å². The van der Waals surface area contributed by atoms with Crippen molar-refractivity contribution >= 4 is 17.6 Å². The van der Waals surface area contributed by atoms with Crippen LogP contribution < -0.4 is 0 Å². The predicted molar refractivity (Wildman–Crippen MR) is 54.3 cm³/mol. The molecule has 74 valence electrons. The van der Waals surface area contributed by atoms with Crippen LogP contribution in [0.5, 0.6) is 0 Å². The first-order valence-corrected chi connectivity index (χ1v) is 5.00. The molecule has 0 amide bonds. The van der Waals surface area contributed by atoms with Gasteiger partial charge in [-0.15, -0.1) is 0 Å². The Morgan fingerprint density at radius 2 is 2.36 bits per heavy atom. The first-order valence-electron chi connectivity index (χ1n) is 4.62. The van der Waals surface area contributed by atoms with E-state index in [4.69, 9.17) is 16.3 Å². The summed E-state index contributed by atoms with van der Waals surface area (Å²) in [6, 6.07) is 5.76. The maximum atomic E-state index is 10.8. The fourth-order valence-electron chi connectivity index (χ4n) is 1.86. The second-order valence-electron chi connectivity index (χ2n) is 3.48. The van der Waals surface area contributed by atoms with Gasteiger partial charge in [0.2, 0.25) is 0 Å². The number of ether oxygens (including phenoxy) is 1. The molecule has 0 aromatic heterocycles. The number of halogens is 1. The summed E-state index contributed by atoms with van der Waals surface area (Å²) in [6.07, 6.45) is 1.74. The van der Waals surface area contributed by atoms with Gasteiger partial charge in [-0.25, -0.2) is 0 Å². The van der Waals surface area contributed by atoms with Gasteiger partial charge >= 0.3 is 5.97 Å². The maximum absolute atomic E-state index is 10.8. The van der Waals surface area contributed by atoms with E-state index in [9.17, 15) is 4.79 Å². The molecule has 1 aliphatic rings. The summed E-state index contributed by atoms with van der Waals surface area (Å²) >= 11 is 5.88. The van der Waals surface area contributed by atoms with Crippen molar-refractivity contribution in [2.24, 2.45) is 0 Å². The number of aryl methyl sites for hydroxylation is 1. The van der Waals surface area contributed by atoms with E-state index in [1.807, 2.05) is 18.2 Å². The number of rotatable bonds is 1. The first kappa shape index (κ1) is 9.53. The van der Waals surface area contributed by atoms with Crippen LogP contribution in [0.1, 0.15) is 30.6 Å². The number of esters is 1. The predicted octanol–water partition coefficient (Wildman–Crippen LogP) is 2.89. The van der Waals surface area contributed by atoms with Crippen LogP contribution in [0.3, 0.4) is 0 Å². The fourth-order valence-corrected chi connectivity index (χ4v) is 2.04. The van der Waals surface area contributed by atoms with Crippen LogP contribution >= 0.6 is 11.6 Å². The minimum absolute atomic E-state index is 0.0961. The average Bonchev–Trinajstić information content (AvgIpc) is 2.47. The molecule has 1 unspecified atom stereocenters. The monoisotopic (exact) mass is 210 g/mol. The molecule has 0 aliphatic heterocycles. The van der Waals surface area contributed by atoms with Crippen molar-refractivity contribution in [1.29, 1.82) is 0 Å². The molecular formula is C11H11ClO2. The highest BCUT2D eigenvalue weighted by atomic mass is 35.5. The molecule has 2 nitrogen and oxygen atoms in total. The first-order chi connectivity index (χ1) is 6.66. The molecule has 0 radical (unpaired) electrons. The zero-order chi connectivity index (χ0) is 10.1. The number of carbonyl (C=O) groups excluding carboxylic acids is 1. The topological polar surface area (TPSA) is 26.3 Å². The van der Waals surface area contributed by atoms with Gasteiger partial charge in [-0.1, -0.05) is 17.7 Å². The average molecular weight is 211 g/mol. The molecule has 1 aromatic carbocycles. The zero-order valence-electron chi connectivity index (χ0n) is 7.92. The van der Waals surface area contributed by atoms with E-state index in [-0.39, 0.29) is 12.1 Å². The van der Waals surface area contributed by atoms with Gasteiger partial charge in [-0.2, -0.15) is 0 Å². The molecular weight excluding hydrogens is 200 g/mol. The van der Waals surface area contributed by atoms with E-state index >= 15 is 0 Å². The lowest BCUT2D eigenvalue weighted by atomic mass is 10.1. The van der Waals surface area contributed by atoms with Gasteiger partial charge < -0.3 is 4.74 Å². The summed E-state index contributed by atoms with van der Waals surface area (Å²) in [4.78, 5) is 10.8. The number of carbonyl (C=O) groups is 1. The molecule has 1 aromatic rings. The van der Waals surface area contributed by atoms with Crippen molar-refractivity contribution in [3.63, 3.8) is 0 Å². The fraction of sp³-hybridized carbons (Fsp3) is 0.364. The molecule has 2 rings (SSSR count). The Hall–Kier alpha value is -1.02. The molecule has 0 saturated carbocycles. The molecule has 0 heterocycles. The van der Waals surface area contributed by atoms with E-state index in [2.05, 4.69) is 0 Å². The number of hydrogen-bond acceptors (Lipinski definition) is 2. The van der Waals surface area contributed by atoms with Crippen molar-refractivity contribution in [2.45, 2.75) is 25.9 Å². The SMILES string of the molecule is CC(=O)OC1CCc2ccc(Cl)cc21. The van der Waals surface area contributed by atoms with Gasteiger partial charge in [0.1, 0.15) is 6.10 Å². The molecule has 0 saturated heterocycles. The third-order valence-electron chi connectivity index (χ3n) is 2.44. The highest BCUT2D eigenvalue weighted by Gasteiger charge is 2.24. The Labute approximate surface area is 87.8 Å². The van der Waals surface area contributed by atoms with Crippen LogP contribution in [0.4, 0.5) is 0 Å². The molecule has 14 heavy (non-hydrogen) atoms. The highest BCUT2D eigenvalue weighted by molar-refractivity contribution is 6.30. The number of hydrogen-bond donors (Lipinski definition) is 0.